The van der Waals surface area contributed by atoms with Crippen molar-refractivity contribution in [3.05, 3.63) is 23.8 Å². The molecule has 5 nitrogen and oxygen atoms in total. The van der Waals surface area contributed by atoms with Crippen molar-refractivity contribution in [3.63, 3.8) is 0 Å². The van der Waals surface area contributed by atoms with Gasteiger partial charge in [0.05, 0.1) is 20.3 Å². The number of para-hydroxylation sites is 1. The third kappa shape index (κ3) is 1.90. The number of fused-ring (bicyclic) bond motifs is 1. The standard InChI is InChI=1S/C13H17NO4/c1-3-17-10-6-4-5-9-11(10)18-8-7-13(9,14)12(15)16-2/h4-6H,3,7-8,14H2,1-2H3. The minimum Gasteiger partial charge on any atom is -0.490 e. The molecule has 2 N–H and O–H groups in total. The maximum Gasteiger partial charge on any atom is 0.330 e. The van der Waals surface area contributed by atoms with Gasteiger partial charge in [0.2, 0.25) is 0 Å². The third-order valence-corrected chi connectivity index (χ3v) is 3.05. The summed E-state index contributed by atoms with van der Waals surface area (Å²) in [6.45, 7) is 2.77. The van der Waals surface area contributed by atoms with Crippen molar-refractivity contribution in [2.24, 2.45) is 5.73 Å². The van der Waals surface area contributed by atoms with E-state index in [-0.39, 0.29) is 0 Å². The molecule has 1 aromatic carbocycles. The van der Waals surface area contributed by atoms with Gasteiger partial charge in [-0.2, -0.15) is 0 Å². The average molecular weight is 251 g/mol. The van der Waals surface area contributed by atoms with Gasteiger partial charge in [0.1, 0.15) is 5.54 Å². The maximum atomic E-state index is 11.9. The predicted octanol–water partition coefficient (Wildman–Crippen LogP) is 1.19. The van der Waals surface area contributed by atoms with Gasteiger partial charge in [-0.3, -0.25) is 0 Å². The van der Waals surface area contributed by atoms with E-state index in [0.29, 0.717) is 36.7 Å². The molecular weight excluding hydrogens is 234 g/mol. The predicted molar refractivity (Wildman–Crippen MR) is 65.6 cm³/mol. The normalized spacial score (nSPS) is 21.7. The molecule has 0 aromatic heterocycles. The topological polar surface area (TPSA) is 70.8 Å². The Bertz CT molecular complexity index is 460. The molecular formula is C13H17NO4. The number of rotatable bonds is 3. The van der Waals surface area contributed by atoms with E-state index in [1.807, 2.05) is 6.92 Å². The summed E-state index contributed by atoms with van der Waals surface area (Å²) in [4.78, 5) is 11.9. The molecule has 1 atom stereocenters. The van der Waals surface area contributed by atoms with Gasteiger partial charge < -0.3 is 19.9 Å². The lowest BCUT2D eigenvalue weighted by Crippen LogP contribution is -2.49. The number of esters is 1. The first-order chi connectivity index (χ1) is 8.63. The van der Waals surface area contributed by atoms with Crippen LogP contribution in [-0.2, 0) is 15.1 Å². The second-order valence-corrected chi connectivity index (χ2v) is 4.13. The summed E-state index contributed by atoms with van der Waals surface area (Å²) in [5.74, 6) is 0.688. The molecule has 1 aromatic rings. The summed E-state index contributed by atoms with van der Waals surface area (Å²) in [5, 5.41) is 0. The molecule has 18 heavy (non-hydrogen) atoms. The first kappa shape index (κ1) is 12.7. The fourth-order valence-corrected chi connectivity index (χ4v) is 2.13. The van der Waals surface area contributed by atoms with E-state index in [2.05, 4.69) is 0 Å². The van der Waals surface area contributed by atoms with Crippen LogP contribution in [0.2, 0.25) is 0 Å². The summed E-state index contributed by atoms with van der Waals surface area (Å²) in [6, 6.07) is 5.36. The van der Waals surface area contributed by atoms with Gasteiger partial charge in [0.25, 0.3) is 0 Å². The number of benzene rings is 1. The van der Waals surface area contributed by atoms with E-state index in [4.69, 9.17) is 19.9 Å². The van der Waals surface area contributed by atoms with E-state index in [9.17, 15) is 4.79 Å². The van der Waals surface area contributed by atoms with Gasteiger partial charge in [0.15, 0.2) is 11.5 Å². The third-order valence-electron chi connectivity index (χ3n) is 3.05. The lowest BCUT2D eigenvalue weighted by atomic mass is 9.85. The van der Waals surface area contributed by atoms with Crippen LogP contribution < -0.4 is 15.2 Å². The molecule has 1 heterocycles. The van der Waals surface area contributed by atoms with Crippen LogP contribution in [0.3, 0.4) is 0 Å². The quantitative estimate of drug-likeness (QED) is 0.817. The molecule has 0 spiro atoms. The van der Waals surface area contributed by atoms with Gasteiger partial charge in [-0.25, -0.2) is 4.79 Å². The van der Waals surface area contributed by atoms with Gasteiger partial charge in [-0.1, -0.05) is 12.1 Å². The van der Waals surface area contributed by atoms with Gasteiger partial charge in [0, 0.05) is 12.0 Å². The average Bonchev–Trinajstić information content (AvgIpc) is 2.39. The molecule has 0 saturated carbocycles. The molecule has 1 aliphatic rings. The van der Waals surface area contributed by atoms with Crippen LogP contribution in [0.5, 0.6) is 11.5 Å². The lowest BCUT2D eigenvalue weighted by Gasteiger charge is -2.33. The summed E-state index contributed by atoms with van der Waals surface area (Å²) in [5.41, 5.74) is 5.64. The fraction of sp³-hybridized carbons (Fsp3) is 0.462. The highest BCUT2D eigenvalue weighted by Crippen LogP contribution is 2.41. The summed E-state index contributed by atoms with van der Waals surface area (Å²) in [7, 11) is 1.33. The number of carbonyl (C=O) groups excluding carboxylic acids is 1. The highest BCUT2D eigenvalue weighted by Gasteiger charge is 2.43. The van der Waals surface area contributed by atoms with Crippen LogP contribution in [0.15, 0.2) is 18.2 Å². The molecule has 0 saturated heterocycles. The van der Waals surface area contributed by atoms with E-state index < -0.39 is 11.5 Å². The van der Waals surface area contributed by atoms with Crippen molar-refractivity contribution in [2.45, 2.75) is 18.9 Å². The smallest absolute Gasteiger partial charge is 0.330 e. The molecule has 1 aliphatic heterocycles. The Morgan fingerprint density at radius 2 is 2.33 bits per heavy atom. The van der Waals surface area contributed by atoms with Crippen LogP contribution >= 0.6 is 0 Å². The van der Waals surface area contributed by atoms with Crippen molar-refractivity contribution in [2.75, 3.05) is 20.3 Å². The number of methoxy groups -OCH3 is 1. The molecule has 0 radical (unpaired) electrons. The number of hydrogen-bond acceptors (Lipinski definition) is 5. The zero-order valence-electron chi connectivity index (χ0n) is 10.6. The monoisotopic (exact) mass is 251 g/mol. The zero-order chi connectivity index (χ0) is 13.2. The van der Waals surface area contributed by atoms with E-state index >= 15 is 0 Å². The van der Waals surface area contributed by atoms with E-state index in [0.717, 1.165) is 0 Å². The Hall–Kier alpha value is -1.75. The lowest BCUT2D eigenvalue weighted by molar-refractivity contribution is -0.148. The second kappa shape index (κ2) is 4.86. The van der Waals surface area contributed by atoms with Crippen LogP contribution in [-0.4, -0.2) is 26.3 Å². The first-order valence-corrected chi connectivity index (χ1v) is 5.90. The van der Waals surface area contributed by atoms with Gasteiger partial charge in [-0.15, -0.1) is 0 Å². The minimum atomic E-state index is -1.16. The number of ether oxygens (including phenoxy) is 3. The Morgan fingerprint density at radius 3 is 3.00 bits per heavy atom. The second-order valence-electron chi connectivity index (χ2n) is 4.13. The largest absolute Gasteiger partial charge is 0.490 e. The number of carbonyl (C=O) groups is 1. The molecule has 0 fully saturated rings. The first-order valence-electron chi connectivity index (χ1n) is 5.90. The number of hydrogen-bond donors (Lipinski definition) is 1. The van der Waals surface area contributed by atoms with E-state index in [1.54, 1.807) is 18.2 Å². The Labute approximate surface area is 106 Å². The molecule has 5 heteroatoms. The van der Waals surface area contributed by atoms with E-state index in [1.165, 1.54) is 7.11 Å². The molecule has 0 aliphatic carbocycles. The van der Waals surface area contributed by atoms with Crippen LogP contribution in [0.25, 0.3) is 0 Å². The summed E-state index contributed by atoms with van der Waals surface area (Å²) < 4.78 is 15.9. The highest BCUT2D eigenvalue weighted by molar-refractivity contribution is 5.84. The number of nitrogens with two attached hydrogens (primary N) is 1. The van der Waals surface area contributed by atoms with Crippen molar-refractivity contribution in [3.8, 4) is 11.5 Å². The van der Waals surface area contributed by atoms with Crippen LogP contribution in [0, 0.1) is 0 Å². The van der Waals surface area contributed by atoms with Crippen molar-refractivity contribution < 1.29 is 19.0 Å². The SMILES string of the molecule is CCOc1cccc2c1OCCC2(N)C(=O)OC. The van der Waals surface area contributed by atoms with Crippen molar-refractivity contribution >= 4 is 5.97 Å². The highest BCUT2D eigenvalue weighted by atomic mass is 16.5. The Balaban J connectivity index is 2.50. The van der Waals surface area contributed by atoms with Gasteiger partial charge >= 0.3 is 5.97 Å². The Morgan fingerprint density at radius 1 is 1.56 bits per heavy atom. The van der Waals surface area contributed by atoms with Crippen molar-refractivity contribution in [1.29, 1.82) is 0 Å². The molecule has 1 unspecified atom stereocenters. The summed E-state index contributed by atoms with van der Waals surface area (Å²) in [6.07, 6.45) is 0.391. The fourth-order valence-electron chi connectivity index (χ4n) is 2.13. The summed E-state index contributed by atoms with van der Waals surface area (Å²) >= 11 is 0. The molecule has 0 amide bonds. The van der Waals surface area contributed by atoms with Crippen LogP contribution in [0.1, 0.15) is 18.9 Å². The minimum absolute atomic E-state index is 0.364. The van der Waals surface area contributed by atoms with Crippen LogP contribution in [0.4, 0.5) is 0 Å². The zero-order valence-corrected chi connectivity index (χ0v) is 10.6. The van der Waals surface area contributed by atoms with Gasteiger partial charge in [-0.05, 0) is 13.0 Å². The molecule has 2 rings (SSSR count). The Kier molecular flexibility index (Phi) is 3.43. The van der Waals surface area contributed by atoms with Crippen molar-refractivity contribution in [1.82, 2.24) is 0 Å². The molecule has 0 bridgehead atoms. The maximum absolute atomic E-state index is 11.9. The molecule has 98 valence electrons.